The molecule has 1 aromatic carbocycles. The molecule has 1 fully saturated rings. The van der Waals surface area contributed by atoms with Crippen molar-refractivity contribution in [3.63, 3.8) is 0 Å². The standard InChI is InChI=1S/C16H21NO5/c1-17(21-3)15(18)14-9-6-12(16(19)22-14)10-11-4-7-13(20-2)8-5-11/h4-5,7-8,12,14H,6,9-10H2,1-3H3. The molecular weight excluding hydrogens is 286 g/mol. The van der Waals surface area contributed by atoms with E-state index in [1.54, 1.807) is 7.11 Å². The summed E-state index contributed by atoms with van der Waals surface area (Å²) < 4.78 is 10.4. The highest BCUT2D eigenvalue weighted by Gasteiger charge is 2.35. The van der Waals surface area contributed by atoms with Crippen molar-refractivity contribution in [3.05, 3.63) is 29.8 Å². The number of hydrogen-bond acceptors (Lipinski definition) is 5. The normalized spacial score (nSPS) is 21.1. The second-order valence-electron chi connectivity index (χ2n) is 5.27. The van der Waals surface area contributed by atoms with Crippen LogP contribution in [0.15, 0.2) is 24.3 Å². The molecule has 1 aliphatic heterocycles. The van der Waals surface area contributed by atoms with Gasteiger partial charge in [-0.15, -0.1) is 0 Å². The smallest absolute Gasteiger partial charge is 0.310 e. The average molecular weight is 307 g/mol. The van der Waals surface area contributed by atoms with Gasteiger partial charge in [0.2, 0.25) is 0 Å². The third-order valence-corrected chi connectivity index (χ3v) is 3.87. The molecule has 0 bridgehead atoms. The Morgan fingerprint density at radius 1 is 1.27 bits per heavy atom. The maximum absolute atomic E-state index is 12.1. The van der Waals surface area contributed by atoms with Crippen LogP contribution in [0.25, 0.3) is 0 Å². The van der Waals surface area contributed by atoms with E-state index in [0.717, 1.165) is 16.4 Å². The summed E-state index contributed by atoms with van der Waals surface area (Å²) in [5.74, 6) is -0.0998. The molecule has 0 saturated carbocycles. The van der Waals surface area contributed by atoms with E-state index >= 15 is 0 Å². The minimum atomic E-state index is -0.746. The fraction of sp³-hybridized carbons (Fsp3) is 0.500. The zero-order valence-corrected chi connectivity index (χ0v) is 13.1. The molecule has 0 radical (unpaired) electrons. The number of carbonyl (C=O) groups excluding carboxylic acids is 2. The van der Waals surface area contributed by atoms with Gasteiger partial charge < -0.3 is 9.47 Å². The number of ether oxygens (including phenoxy) is 2. The number of benzene rings is 1. The van der Waals surface area contributed by atoms with Crippen LogP contribution in [-0.4, -0.2) is 44.3 Å². The molecule has 6 nitrogen and oxygen atoms in total. The van der Waals surface area contributed by atoms with Crippen LogP contribution in [0.5, 0.6) is 5.75 Å². The molecule has 0 N–H and O–H groups in total. The van der Waals surface area contributed by atoms with E-state index < -0.39 is 6.10 Å². The number of amides is 1. The lowest BCUT2D eigenvalue weighted by molar-refractivity contribution is -0.190. The highest BCUT2D eigenvalue weighted by atomic mass is 16.7. The van der Waals surface area contributed by atoms with Gasteiger partial charge in [0.25, 0.3) is 5.91 Å². The van der Waals surface area contributed by atoms with Crippen LogP contribution in [-0.2, 0) is 25.6 Å². The number of cyclic esters (lactones) is 1. The minimum Gasteiger partial charge on any atom is -0.497 e. The number of rotatable bonds is 5. The summed E-state index contributed by atoms with van der Waals surface area (Å²) in [6, 6.07) is 7.59. The molecule has 120 valence electrons. The van der Waals surface area contributed by atoms with Gasteiger partial charge >= 0.3 is 5.97 Å². The topological polar surface area (TPSA) is 65.1 Å². The van der Waals surface area contributed by atoms with Crippen LogP contribution in [0.2, 0.25) is 0 Å². The van der Waals surface area contributed by atoms with Gasteiger partial charge in [-0.1, -0.05) is 12.1 Å². The van der Waals surface area contributed by atoms with E-state index in [-0.39, 0.29) is 17.8 Å². The lowest BCUT2D eigenvalue weighted by atomic mass is 9.91. The Morgan fingerprint density at radius 2 is 1.95 bits per heavy atom. The third-order valence-electron chi connectivity index (χ3n) is 3.87. The molecule has 1 aliphatic rings. The fourth-order valence-electron chi connectivity index (χ4n) is 2.46. The maximum Gasteiger partial charge on any atom is 0.310 e. The largest absolute Gasteiger partial charge is 0.497 e. The van der Waals surface area contributed by atoms with Crippen LogP contribution < -0.4 is 4.74 Å². The molecule has 1 heterocycles. The number of hydroxylamine groups is 2. The van der Waals surface area contributed by atoms with Crippen molar-refractivity contribution in [1.29, 1.82) is 0 Å². The zero-order valence-electron chi connectivity index (χ0n) is 13.1. The predicted molar refractivity (Wildman–Crippen MR) is 79.1 cm³/mol. The highest BCUT2D eigenvalue weighted by molar-refractivity contribution is 5.84. The molecule has 1 aromatic rings. The fourth-order valence-corrected chi connectivity index (χ4v) is 2.46. The maximum atomic E-state index is 12.1. The number of nitrogens with zero attached hydrogens (tertiary/aromatic N) is 1. The Bertz CT molecular complexity index is 528. The third kappa shape index (κ3) is 3.76. The quantitative estimate of drug-likeness (QED) is 0.610. The van der Waals surface area contributed by atoms with Crippen molar-refractivity contribution in [3.8, 4) is 5.75 Å². The molecule has 1 saturated heterocycles. The Kier molecular flexibility index (Phi) is 5.38. The Hall–Kier alpha value is -2.08. The van der Waals surface area contributed by atoms with Gasteiger partial charge in [0.05, 0.1) is 20.1 Å². The predicted octanol–water partition coefficient (Wildman–Crippen LogP) is 1.58. The summed E-state index contributed by atoms with van der Waals surface area (Å²) in [5, 5.41) is 1.09. The summed E-state index contributed by atoms with van der Waals surface area (Å²) in [6.45, 7) is 0. The van der Waals surface area contributed by atoms with E-state index in [1.165, 1.54) is 14.2 Å². The summed E-state index contributed by atoms with van der Waals surface area (Å²) in [7, 11) is 4.51. The Labute approximate surface area is 129 Å². The van der Waals surface area contributed by atoms with Crippen molar-refractivity contribution < 1.29 is 23.9 Å². The van der Waals surface area contributed by atoms with Crippen LogP contribution in [0.3, 0.4) is 0 Å². The molecule has 0 spiro atoms. The van der Waals surface area contributed by atoms with Gasteiger partial charge in [-0.2, -0.15) is 0 Å². The number of methoxy groups -OCH3 is 1. The van der Waals surface area contributed by atoms with Gasteiger partial charge in [-0.05, 0) is 37.0 Å². The van der Waals surface area contributed by atoms with Gasteiger partial charge in [-0.25, -0.2) is 5.06 Å². The Morgan fingerprint density at radius 3 is 2.50 bits per heavy atom. The highest BCUT2D eigenvalue weighted by Crippen LogP contribution is 2.25. The minimum absolute atomic E-state index is 0.217. The molecule has 2 rings (SSSR count). The summed E-state index contributed by atoms with van der Waals surface area (Å²) in [4.78, 5) is 28.8. The van der Waals surface area contributed by atoms with E-state index in [4.69, 9.17) is 14.3 Å². The monoisotopic (exact) mass is 307 g/mol. The van der Waals surface area contributed by atoms with Gasteiger partial charge in [-0.3, -0.25) is 14.4 Å². The summed E-state index contributed by atoms with van der Waals surface area (Å²) in [6.07, 6.45) is 0.992. The van der Waals surface area contributed by atoms with Crippen LogP contribution in [0.4, 0.5) is 0 Å². The summed E-state index contributed by atoms with van der Waals surface area (Å²) >= 11 is 0. The van der Waals surface area contributed by atoms with E-state index in [2.05, 4.69) is 0 Å². The number of likely N-dealkylation sites (N-methyl/N-ethyl adjacent to an activating group) is 1. The lowest BCUT2D eigenvalue weighted by Crippen LogP contribution is -2.43. The number of carbonyl (C=O) groups is 2. The Balaban J connectivity index is 1.93. The van der Waals surface area contributed by atoms with Crippen molar-refractivity contribution in [2.24, 2.45) is 5.92 Å². The molecule has 6 heteroatoms. The van der Waals surface area contributed by atoms with Crippen LogP contribution in [0.1, 0.15) is 18.4 Å². The van der Waals surface area contributed by atoms with Crippen molar-refractivity contribution in [2.75, 3.05) is 21.3 Å². The van der Waals surface area contributed by atoms with Gasteiger partial charge in [0.15, 0.2) is 6.10 Å². The van der Waals surface area contributed by atoms with E-state index in [9.17, 15) is 9.59 Å². The van der Waals surface area contributed by atoms with Crippen molar-refractivity contribution >= 4 is 11.9 Å². The van der Waals surface area contributed by atoms with Crippen LogP contribution >= 0.6 is 0 Å². The SMILES string of the molecule is COc1ccc(CC2CCC(C(=O)N(C)OC)OC2=O)cc1. The van der Waals surface area contributed by atoms with Gasteiger partial charge in [0, 0.05) is 7.05 Å². The number of esters is 1. The molecule has 2 unspecified atom stereocenters. The van der Waals surface area contributed by atoms with Crippen molar-refractivity contribution in [1.82, 2.24) is 5.06 Å². The van der Waals surface area contributed by atoms with Gasteiger partial charge in [0.1, 0.15) is 5.75 Å². The first kappa shape index (κ1) is 16.3. The first-order valence-corrected chi connectivity index (χ1v) is 7.20. The molecule has 22 heavy (non-hydrogen) atoms. The first-order valence-electron chi connectivity index (χ1n) is 7.20. The zero-order chi connectivity index (χ0) is 16.1. The number of hydrogen-bond donors (Lipinski definition) is 0. The van der Waals surface area contributed by atoms with Crippen molar-refractivity contribution in [2.45, 2.75) is 25.4 Å². The second kappa shape index (κ2) is 7.26. The second-order valence-corrected chi connectivity index (χ2v) is 5.27. The van der Waals surface area contributed by atoms with E-state index in [1.807, 2.05) is 24.3 Å². The van der Waals surface area contributed by atoms with E-state index in [0.29, 0.717) is 19.3 Å². The lowest BCUT2D eigenvalue weighted by Gasteiger charge is -2.29. The molecule has 2 atom stereocenters. The molecule has 0 aromatic heterocycles. The molecule has 1 amide bonds. The average Bonchev–Trinajstić information content (AvgIpc) is 2.56. The molecular formula is C16H21NO5. The first-order chi connectivity index (χ1) is 10.5. The van der Waals surface area contributed by atoms with Crippen LogP contribution in [0, 0.1) is 5.92 Å². The molecule has 0 aliphatic carbocycles. The summed E-state index contributed by atoms with van der Waals surface area (Å²) in [5.41, 5.74) is 1.04.